The molecule has 2 aromatic rings. The van der Waals surface area contributed by atoms with Gasteiger partial charge < -0.3 is 10.3 Å². The van der Waals surface area contributed by atoms with Gasteiger partial charge in [-0.15, -0.1) is 0 Å². The van der Waals surface area contributed by atoms with Crippen molar-refractivity contribution in [3.05, 3.63) is 47.1 Å². The summed E-state index contributed by atoms with van der Waals surface area (Å²) in [5.74, 6) is 2.00. The highest BCUT2D eigenvalue weighted by Gasteiger charge is 2.26. The summed E-state index contributed by atoms with van der Waals surface area (Å²) in [5, 5.41) is 4.21. The number of benzene rings is 1. The maximum absolute atomic E-state index is 6.07. The van der Waals surface area contributed by atoms with E-state index in [2.05, 4.69) is 48.3 Å². The van der Waals surface area contributed by atoms with Crippen molar-refractivity contribution in [3.8, 4) is 0 Å². The summed E-state index contributed by atoms with van der Waals surface area (Å²) in [4.78, 5) is 4.62. The Morgan fingerprint density at radius 1 is 1.33 bits per heavy atom. The average Bonchev–Trinajstić information content (AvgIpc) is 3.02. The molecule has 0 saturated carbocycles. The van der Waals surface area contributed by atoms with Crippen LogP contribution >= 0.6 is 0 Å². The molecule has 0 spiro atoms. The smallest absolute Gasteiger partial charge is 0.231 e. The van der Waals surface area contributed by atoms with Gasteiger partial charge in [-0.1, -0.05) is 43.3 Å². The average molecular weight is 285 g/mol. The van der Waals surface area contributed by atoms with E-state index in [0.717, 1.165) is 31.5 Å². The lowest BCUT2D eigenvalue weighted by molar-refractivity contribution is 0.333. The number of nitrogens with zero attached hydrogens (tertiary/aromatic N) is 2. The lowest BCUT2D eigenvalue weighted by Gasteiger charge is -2.21. The zero-order valence-corrected chi connectivity index (χ0v) is 12.7. The quantitative estimate of drug-likeness (QED) is 0.937. The van der Waals surface area contributed by atoms with Gasteiger partial charge in [0.1, 0.15) is 0 Å². The van der Waals surface area contributed by atoms with Gasteiger partial charge in [-0.2, -0.15) is 4.98 Å². The highest BCUT2D eigenvalue weighted by Crippen LogP contribution is 2.32. The Balaban J connectivity index is 1.76. The van der Waals surface area contributed by atoms with Crippen LogP contribution in [0.25, 0.3) is 0 Å². The molecular weight excluding hydrogens is 262 g/mol. The number of aryl methyl sites for hydroxylation is 1. The molecule has 0 fully saturated rings. The summed E-state index contributed by atoms with van der Waals surface area (Å²) >= 11 is 0. The molecule has 1 aliphatic rings. The van der Waals surface area contributed by atoms with E-state index in [1.807, 2.05) is 0 Å². The summed E-state index contributed by atoms with van der Waals surface area (Å²) in [7, 11) is 0. The molecule has 0 aliphatic heterocycles. The summed E-state index contributed by atoms with van der Waals surface area (Å²) in [6.45, 7) is 4.14. The molecule has 4 heteroatoms. The van der Waals surface area contributed by atoms with Crippen LogP contribution in [0.5, 0.6) is 0 Å². The molecule has 21 heavy (non-hydrogen) atoms. The Hall–Kier alpha value is -1.68. The first kappa shape index (κ1) is 14.3. The molecule has 1 aromatic heterocycles. The van der Waals surface area contributed by atoms with Gasteiger partial charge in [-0.25, -0.2) is 0 Å². The molecule has 3 unspecified atom stereocenters. The standard InChI is InChI=1S/C17H23N3O/c1-3-15(18)11(2)17-19-16(20-21-17)14-9-8-12-6-4-5-7-13(12)10-14/h4-7,11,14-15H,3,8-10,18H2,1-2H3. The predicted octanol–water partition coefficient (Wildman–Crippen LogP) is 3.18. The van der Waals surface area contributed by atoms with Crippen molar-refractivity contribution >= 4 is 0 Å². The minimum absolute atomic E-state index is 0.0744. The van der Waals surface area contributed by atoms with Gasteiger partial charge in [-0.05, 0) is 36.8 Å². The van der Waals surface area contributed by atoms with E-state index in [4.69, 9.17) is 10.3 Å². The third-order valence-electron chi connectivity index (χ3n) is 4.67. The van der Waals surface area contributed by atoms with Gasteiger partial charge in [0, 0.05) is 12.0 Å². The second-order valence-electron chi connectivity index (χ2n) is 6.06. The number of aromatic nitrogens is 2. The van der Waals surface area contributed by atoms with Crippen molar-refractivity contribution in [3.63, 3.8) is 0 Å². The molecule has 3 rings (SSSR count). The zero-order valence-electron chi connectivity index (χ0n) is 12.7. The van der Waals surface area contributed by atoms with Gasteiger partial charge in [0.25, 0.3) is 0 Å². The monoisotopic (exact) mass is 285 g/mol. The van der Waals surface area contributed by atoms with E-state index in [9.17, 15) is 0 Å². The number of fused-ring (bicyclic) bond motifs is 1. The third kappa shape index (κ3) is 2.86. The van der Waals surface area contributed by atoms with Crippen molar-refractivity contribution in [1.82, 2.24) is 10.1 Å². The topological polar surface area (TPSA) is 64.9 Å². The van der Waals surface area contributed by atoms with Gasteiger partial charge in [0.2, 0.25) is 5.89 Å². The van der Waals surface area contributed by atoms with Gasteiger partial charge in [-0.3, -0.25) is 0 Å². The summed E-state index contributed by atoms with van der Waals surface area (Å²) in [6, 6.07) is 8.71. The molecule has 3 atom stereocenters. The van der Waals surface area contributed by atoms with Crippen LogP contribution in [0.3, 0.4) is 0 Å². The number of hydrogen-bond donors (Lipinski definition) is 1. The van der Waals surface area contributed by atoms with Crippen molar-refractivity contribution in [1.29, 1.82) is 0 Å². The first-order valence-electron chi connectivity index (χ1n) is 7.85. The maximum Gasteiger partial charge on any atom is 0.231 e. The normalized spacial score (nSPS) is 20.8. The minimum atomic E-state index is 0.0744. The van der Waals surface area contributed by atoms with E-state index in [-0.39, 0.29) is 12.0 Å². The second-order valence-corrected chi connectivity index (χ2v) is 6.06. The fourth-order valence-corrected chi connectivity index (χ4v) is 3.05. The Kier molecular flexibility index (Phi) is 4.06. The first-order valence-corrected chi connectivity index (χ1v) is 7.85. The molecule has 0 saturated heterocycles. The van der Waals surface area contributed by atoms with Crippen LogP contribution in [0.1, 0.15) is 61.4 Å². The van der Waals surface area contributed by atoms with E-state index in [0.29, 0.717) is 11.8 Å². The van der Waals surface area contributed by atoms with Gasteiger partial charge in [0.15, 0.2) is 5.82 Å². The molecule has 0 bridgehead atoms. The Morgan fingerprint density at radius 3 is 2.86 bits per heavy atom. The van der Waals surface area contributed by atoms with Gasteiger partial charge in [0.05, 0.1) is 5.92 Å². The van der Waals surface area contributed by atoms with Crippen LogP contribution in [-0.4, -0.2) is 16.2 Å². The molecule has 1 heterocycles. The van der Waals surface area contributed by atoms with E-state index >= 15 is 0 Å². The molecule has 4 nitrogen and oxygen atoms in total. The fourth-order valence-electron chi connectivity index (χ4n) is 3.05. The SMILES string of the molecule is CCC(N)C(C)c1nc(C2CCc3ccccc3C2)no1. The highest BCUT2D eigenvalue weighted by molar-refractivity contribution is 5.31. The minimum Gasteiger partial charge on any atom is -0.339 e. The Bertz CT molecular complexity index is 608. The van der Waals surface area contributed by atoms with Crippen molar-refractivity contribution in [2.75, 3.05) is 0 Å². The van der Waals surface area contributed by atoms with Crippen molar-refractivity contribution in [2.24, 2.45) is 5.73 Å². The Morgan fingerprint density at radius 2 is 2.10 bits per heavy atom. The predicted molar refractivity (Wildman–Crippen MR) is 82.2 cm³/mol. The molecule has 0 amide bonds. The molecule has 0 radical (unpaired) electrons. The Labute approximate surface area is 125 Å². The fraction of sp³-hybridized carbons (Fsp3) is 0.529. The first-order chi connectivity index (χ1) is 10.2. The summed E-state index contributed by atoms with van der Waals surface area (Å²) in [5.41, 5.74) is 8.94. The van der Waals surface area contributed by atoms with Crippen LogP contribution < -0.4 is 5.73 Å². The molecule has 112 valence electrons. The van der Waals surface area contributed by atoms with E-state index < -0.39 is 0 Å². The van der Waals surface area contributed by atoms with Crippen molar-refractivity contribution in [2.45, 2.75) is 57.4 Å². The third-order valence-corrected chi connectivity index (χ3v) is 4.67. The summed E-state index contributed by atoms with van der Waals surface area (Å²) in [6.07, 6.45) is 4.10. The number of hydrogen-bond acceptors (Lipinski definition) is 4. The molecule has 1 aliphatic carbocycles. The molecule has 2 N–H and O–H groups in total. The zero-order chi connectivity index (χ0) is 14.8. The second kappa shape index (κ2) is 5.98. The van der Waals surface area contributed by atoms with Crippen molar-refractivity contribution < 1.29 is 4.52 Å². The van der Waals surface area contributed by atoms with Crippen LogP contribution in [0.4, 0.5) is 0 Å². The molecular formula is C17H23N3O. The van der Waals surface area contributed by atoms with Crippen LogP contribution in [0.2, 0.25) is 0 Å². The molecule has 1 aromatic carbocycles. The van der Waals surface area contributed by atoms with Crippen LogP contribution in [0, 0.1) is 0 Å². The lowest BCUT2D eigenvalue weighted by Crippen LogP contribution is -2.25. The number of rotatable bonds is 4. The van der Waals surface area contributed by atoms with Crippen LogP contribution in [0.15, 0.2) is 28.8 Å². The number of nitrogens with two attached hydrogens (primary N) is 1. The van der Waals surface area contributed by atoms with E-state index in [1.165, 1.54) is 11.1 Å². The van der Waals surface area contributed by atoms with E-state index in [1.54, 1.807) is 0 Å². The van der Waals surface area contributed by atoms with Gasteiger partial charge >= 0.3 is 0 Å². The highest BCUT2D eigenvalue weighted by atomic mass is 16.5. The largest absolute Gasteiger partial charge is 0.339 e. The maximum atomic E-state index is 6.07. The summed E-state index contributed by atoms with van der Waals surface area (Å²) < 4.78 is 5.45. The van der Waals surface area contributed by atoms with Crippen LogP contribution in [-0.2, 0) is 12.8 Å². The lowest BCUT2D eigenvalue weighted by atomic mass is 9.83.